The molecule has 0 amide bonds. The van der Waals surface area contributed by atoms with Crippen LogP contribution in [0.25, 0.3) is 0 Å². The molecule has 5 heteroatoms. The third-order valence-corrected chi connectivity index (χ3v) is 2.14. The van der Waals surface area contributed by atoms with E-state index in [-0.39, 0.29) is 29.0 Å². The number of rotatable bonds is 2. The fourth-order valence-electron chi connectivity index (χ4n) is 0.907. The van der Waals surface area contributed by atoms with Crippen LogP contribution in [0.2, 0.25) is 0 Å². The summed E-state index contributed by atoms with van der Waals surface area (Å²) in [7, 11) is -1.89. The molecule has 0 bridgehead atoms. The Balaban J connectivity index is 0.000000810. The van der Waals surface area contributed by atoms with Crippen LogP contribution in [0, 0.1) is 5.92 Å². The van der Waals surface area contributed by atoms with Gasteiger partial charge in [0.25, 0.3) is 0 Å². The summed E-state index contributed by atoms with van der Waals surface area (Å²) in [5.41, 5.74) is 0. The van der Waals surface area contributed by atoms with Crippen molar-refractivity contribution in [3.63, 3.8) is 0 Å². The van der Waals surface area contributed by atoms with Crippen molar-refractivity contribution >= 4 is 28.1 Å². The molecule has 0 aromatic rings. The number of hydrogen-bond acceptors (Lipinski definition) is 4. The third kappa shape index (κ3) is 3.57. The van der Waals surface area contributed by atoms with E-state index in [0.29, 0.717) is 6.61 Å². The molecule has 1 saturated heterocycles. The molecule has 1 heterocycles. The van der Waals surface area contributed by atoms with Crippen LogP contribution in [-0.4, -0.2) is 36.3 Å². The van der Waals surface area contributed by atoms with Gasteiger partial charge in [-0.1, -0.05) is 16.5 Å². The molecule has 1 fully saturated rings. The van der Waals surface area contributed by atoms with E-state index >= 15 is 0 Å². The average molecular weight is 178 g/mol. The molecule has 1 aliphatic heterocycles. The Morgan fingerprint density at radius 2 is 2.20 bits per heavy atom. The van der Waals surface area contributed by atoms with Crippen molar-refractivity contribution in [3.8, 4) is 0 Å². The van der Waals surface area contributed by atoms with E-state index in [4.69, 9.17) is 4.74 Å². The summed E-state index contributed by atoms with van der Waals surface area (Å²) in [6.07, 6.45) is 0.897. The molecule has 58 valence electrons. The monoisotopic (exact) mass is 178 g/mol. The van der Waals surface area contributed by atoms with E-state index < -0.39 is 10.7 Å². The van der Waals surface area contributed by atoms with Crippen LogP contribution in [0.3, 0.4) is 0 Å². The molecule has 0 radical (unpaired) electrons. The molecule has 0 aliphatic carbocycles. The molecular weight excluding hydrogens is 167 g/mol. The van der Waals surface area contributed by atoms with Crippen LogP contribution in [0.1, 0.15) is 6.42 Å². The Morgan fingerprint density at radius 3 is 2.60 bits per heavy atom. The first kappa shape index (κ1) is 10.4. The molecule has 0 aromatic heterocycles. The normalized spacial score (nSPS) is 24.7. The van der Waals surface area contributed by atoms with Gasteiger partial charge in [0.1, 0.15) is 0 Å². The van der Waals surface area contributed by atoms with Crippen LogP contribution < -0.4 is 0 Å². The Labute approximate surface area is 72.8 Å². The second-order valence-electron chi connectivity index (χ2n) is 2.20. The van der Waals surface area contributed by atoms with E-state index in [1.807, 2.05) is 0 Å². The predicted octanol–water partition coefficient (Wildman–Crippen LogP) is -0.584. The quantitative estimate of drug-likeness (QED) is 0.419. The maximum absolute atomic E-state index is 10.1. The Hall–Kier alpha value is 0.442. The minimum atomic E-state index is -1.89. The first-order chi connectivity index (χ1) is 4.29. The van der Waals surface area contributed by atoms with Crippen molar-refractivity contribution in [1.29, 1.82) is 0 Å². The summed E-state index contributed by atoms with van der Waals surface area (Å²) in [5, 5.41) is 0. The second kappa shape index (κ2) is 5.14. The summed E-state index contributed by atoms with van der Waals surface area (Å²) < 4.78 is 25.2. The molecule has 0 spiro atoms. The number of hydrogen-bond donors (Lipinski definition) is 0. The fourth-order valence-corrected chi connectivity index (χ4v) is 1.56. The third-order valence-electron chi connectivity index (χ3n) is 1.40. The van der Waals surface area contributed by atoms with Gasteiger partial charge in [0.05, 0.1) is 0 Å². The van der Waals surface area contributed by atoms with E-state index in [0.717, 1.165) is 13.0 Å². The Morgan fingerprint density at radius 1 is 1.50 bits per heavy atom. The molecule has 0 N–H and O–H groups in total. The zero-order valence-corrected chi connectivity index (χ0v) is 8.86. The molecular formula is C5H11AlO3S. The minimum absolute atomic E-state index is 0. The summed E-state index contributed by atoms with van der Waals surface area (Å²) in [5.74, 6) is 0.517. The molecule has 1 rings (SSSR count). The topological polar surface area (TPSA) is 43.4 Å². The fraction of sp³-hybridized carbons (Fsp3) is 1.00. The van der Waals surface area contributed by atoms with E-state index in [1.165, 1.54) is 0 Å². The molecule has 3 nitrogen and oxygen atoms in total. The van der Waals surface area contributed by atoms with Gasteiger partial charge in [0.15, 0.2) is 0 Å². The van der Waals surface area contributed by atoms with Gasteiger partial charge in [-0.15, -0.1) is 0 Å². The Kier molecular flexibility index (Phi) is 5.37. The van der Waals surface area contributed by atoms with Gasteiger partial charge >= 0.3 is 17.4 Å². The second-order valence-corrected chi connectivity index (χ2v) is 3.14. The zero-order valence-electron chi connectivity index (χ0n) is 6.04. The van der Waals surface area contributed by atoms with Crippen molar-refractivity contribution in [1.82, 2.24) is 0 Å². The van der Waals surface area contributed by atoms with Crippen LogP contribution in [0.5, 0.6) is 0 Å². The molecule has 1 aliphatic rings. The van der Waals surface area contributed by atoms with Crippen LogP contribution >= 0.6 is 0 Å². The summed E-state index contributed by atoms with van der Waals surface area (Å²) >= 11 is 0. The molecule has 0 saturated carbocycles. The molecule has 10 heavy (non-hydrogen) atoms. The summed E-state index contributed by atoms with van der Waals surface area (Å²) in [6, 6.07) is 0. The first-order valence-electron chi connectivity index (χ1n) is 2.92. The molecule has 1 atom stereocenters. The van der Waals surface area contributed by atoms with Crippen LogP contribution in [0.4, 0.5) is 0 Å². The summed E-state index contributed by atoms with van der Waals surface area (Å²) in [6.45, 7) is 1.34. The first-order valence-corrected chi connectivity index (χ1v) is 4.17. The van der Waals surface area contributed by atoms with E-state index in [2.05, 4.69) is 0 Å². The van der Waals surface area contributed by atoms with Gasteiger partial charge in [-0.2, -0.15) is 0 Å². The van der Waals surface area contributed by atoms with Gasteiger partial charge in [0, 0.05) is 13.2 Å². The summed E-state index contributed by atoms with van der Waals surface area (Å²) in [4.78, 5) is 0. The average Bonchev–Trinajstić information content (AvgIpc) is 2.15. The van der Waals surface area contributed by atoms with Crippen molar-refractivity contribution < 1.29 is 13.2 Å². The van der Waals surface area contributed by atoms with Crippen molar-refractivity contribution in [3.05, 3.63) is 0 Å². The van der Waals surface area contributed by atoms with Crippen molar-refractivity contribution in [2.45, 2.75) is 6.42 Å². The van der Waals surface area contributed by atoms with Crippen molar-refractivity contribution in [2.75, 3.05) is 19.0 Å². The maximum atomic E-state index is 10.1. The van der Waals surface area contributed by atoms with Gasteiger partial charge in [-0.05, 0) is 12.3 Å². The number of ether oxygens (including phenoxy) is 1. The molecule has 0 aromatic carbocycles. The molecule has 0 unspecified atom stereocenters. The van der Waals surface area contributed by atoms with Gasteiger partial charge in [0.2, 0.25) is 0 Å². The van der Waals surface area contributed by atoms with E-state index in [1.54, 1.807) is 0 Å². The van der Waals surface area contributed by atoms with Gasteiger partial charge in [-0.25, -0.2) is 0 Å². The van der Waals surface area contributed by atoms with Gasteiger partial charge < -0.3 is 13.2 Å². The zero-order chi connectivity index (χ0) is 6.69. The van der Waals surface area contributed by atoms with Crippen molar-refractivity contribution in [2.24, 2.45) is 5.92 Å². The van der Waals surface area contributed by atoms with Gasteiger partial charge in [-0.3, -0.25) is 0 Å². The Bertz CT molecular complexity index is 143. The standard InChI is InChI=1S/C5H9O3S.Al.2H/c6-9(7)4-5-1-2-8-3-5;;;/h5H,1-4H2;;;/q-1;+1;;/t5-;;;/m1.../s1. The van der Waals surface area contributed by atoms with Crippen LogP contribution in [-0.2, 0) is 23.9 Å². The SMILES string of the molecule is O=[S-](=O)C[C@@H]1CCOC1.[AlH2+]. The van der Waals surface area contributed by atoms with Crippen LogP contribution in [0.15, 0.2) is 0 Å². The predicted molar refractivity (Wildman–Crippen MR) is 41.1 cm³/mol. The van der Waals surface area contributed by atoms with E-state index in [9.17, 15) is 8.42 Å².